The van der Waals surface area contributed by atoms with Crippen LogP contribution in [0.15, 0.2) is 24.3 Å². The van der Waals surface area contributed by atoms with Crippen LogP contribution in [0.2, 0.25) is 0 Å². The molecule has 1 aliphatic heterocycles. The average Bonchev–Trinajstić information content (AvgIpc) is 2.97. The van der Waals surface area contributed by atoms with Gasteiger partial charge < -0.3 is 10.6 Å². The van der Waals surface area contributed by atoms with Crippen LogP contribution in [-0.4, -0.2) is 29.2 Å². The van der Waals surface area contributed by atoms with E-state index in [0.717, 1.165) is 24.2 Å². The van der Waals surface area contributed by atoms with Gasteiger partial charge in [0.15, 0.2) is 5.69 Å². The Morgan fingerprint density at radius 3 is 2.92 bits per heavy atom. The number of benzene rings is 1. The highest BCUT2D eigenvalue weighted by Crippen LogP contribution is 2.23. The molecule has 0 radical (unpaired) electrons. The molecular formula is C18H25ClN4O. The van der Waals surface area contributed by atoms with E-state index in [4.69, 9.17) is 0 Å². The highest BCUT2D eigenvalue weighted by Gasteiger charge is 2.25. The fraction of sp³-hybridized carbons (Fsp3) is 0.444. The minimum Gasteiger partial charge on any atom is -0.350 e. The first kappa shape index (κ1) is 18.5. The number of nitrogens with one attached hydrogen (secondary N) is 3. The molecule has 0 unspecified atom stereocenters. The van der Waals surface area contributed by atoms with Crippen LogP contribution in [0, 0.1) is 6.92 Å². The molecule has 2 heterocycles. The Kier molecular flexibility index (Phi) is 5.67. The van der Waals surface area contributed by atoms with Crippen LogP contribution in [0.4, 0.5) is 0 Å². The molecule has 0 fully saturated rings. The second kappa shape index (κ2) is 7.36. The predicted octanol–water partition coefficient (Wildman–Crippen LogP) is 2.49. The molecule has 1 aliphatic rings. The zero-order valence-corrected chi connectivity index (χ0v) is 15.2. The van der Waals surface area contributed by atoms with Crippen molar-refractivity contribution >= 4 is 18.3 Å². The van der Waals surface area contributed by atoms with Crippen molar-refractivity contribution in [3.05, 3.63) is 52.3 Å². The van der Waals surface area contributed by atoms with Gasteiger partial charge in [-0.25, -0.2) is 0 Å². The lowest BCUT2D eigenvalue weighted by molar-refractivity contribution is 0.0939. The summed E-state index contributed by atoms with van der Waals surface area (Å²) in [5, 5.41) is 13.5. The molecule has 130 valence electrons. The Bertz CT molecular complexity index is 724. The Balaban J connectivity index is 0.00000208. The van der Waals surface area contributed by atoms with Gasteiger partial charge in [0.1, 0.15) is 0 Å². The molecule has 1 amide bonds. The van der Waals surface area contributed by atoms with Gasteiger partial charge in [0, 0.05) is 42.7 Å². The summed E-state index contributed by atoms with van der Waals surface area (Å²) in [4.78, 5) is 12.5. The summed E-state index contributed by atoms with van der Waals surface area (Å²) in [6.07, 6.45) is 0.893. The van der Waals surface area contributed by atoms with E-state index in [-0.39, 0.29) is 23.7 Å². The van der Waals surface area contributed by atoms with E-state index >= 15 is 0 Å². The van der Waals surface area contributed by atoms with Crippen molar-refractivity contribution in [3.8, 4) is 0 Å². The Labute approximate surface area is 149 Å². The first-order valence-corrected chi connectivity index (χ1v) is 8.09. The predicted molar refractivity (Wildman–Crippen MR) is 97.8 cm³/mol. The van der Waals surface area contributed by atoms with Crippen LogP contribution in [0.3, 0.4) is 0 Å². The van der Waals surface area contributed by atoms with Crippen molar-refractivity contribution in [2.75, 3.05) is 13.1 Å². The van der Waals surface area contributed by atoms with E-state index in [1.54, 1.807) is 0 Å². The number of fused-ring (bicyclic) bond motifs is 1. The number of hydrogen-bond acceptors (Lipinski definition) is 3. The summed E-state index contributed by atoms with van der Waals surface area (Å²) < 4.78 is 0. The first-order chi connectivity index (χ1) is 11.0. The lowest BCUT2D eigenvalue weighted by Gasteiger charge is -2.26. The highest BCUT2D eigenvalue weighted by atomic mass is 35.5. The van der Waals surface area contributed by atoms with Gasteiger partial charge in [-0.1, -0.05) is 43.7 Å². The number of hydrogen-bond donors (Lipinski definition) is 3. The van der Waals surface area contributed by atoms with E-state index in [1.165, 1.54) is 11.1 Å². The number of aryl methyl sites for hydroxylation is 1. The Morgan fingerprint density at radius 2 is 2.17 bits per heavy atom. The minimum atomic E-state index is -0.129. The van der Waals surface area contributed by atoms with Crippen molar-refractivity contribution in [3.63, 3.8) is 0 Å². The van der Waals surface area contributed by atoms with Gasteiger partial charge in [-0.05, 0) is 12.5 Å². The summed E-state index contributed by atoms with van der Waals surface area (Å²) in [5.41, 5.74) is 4.93. The minimum absolute atomic E-state index is 0. The van der Waals surface area contributed by atoms with Crippen molar-refractivity contribution < 1.29 is 4.79 Å². The normalized spacial score (nSPS) is 13.8. The average molecular weight is 349 g/mol. The maximum absolute atomic E-state index is 12.5. The Morgan fingerprint density at radius 1 is 1.38 bits per heavy atom. The molecule has 0 atom stereocenters. The fourth-order valence-corrected chi connectivity index (χ4v) is 2.97. The Hall–Kier alpha value is -1.85. The number of carbonyl (C=O) groups excluding carboxylic acids is 1. The molecule has 0 bridgehead atoms. The van der Waals surface area contributed by atoms with Crippen LogP contribution in [0.1, 0.15) is 46.7 Å². The fourth-order valence-electron chi connectivity index (χ4n) is 2.97. The van der Waals surface area contributed by atoms with Gasteiger partial charge in [-0.2, -0.15) is 5.10 Å². The van der Waals surface area contributed by atoms with E-state index in [9.17, 15) is 4.79 Å². The molecule has 2 aromatic rings. The number of halogens is 1. The third kappa shape index (κ3) is 3.79. The summed E-state index contributed by atoms with van der Waals surface area (Å²) >= 11 is 0. The van der Waals surface area contributed by atoms with Gasteiger partial charge >= 0.3 is 0 Å². The van der Waals surface area contributed by atoms with Crippen LogP contribution < -0.4 is 10.6 Å². The third-order valence-electron chi connectivity index (χ3n) is 4.51. The molecule has 0 saturated carbocycles. The van der Waals surface area contributed by atoms with E-state index in [2.05, 4.69) is 65.9 Å². The smallest absolute Gasteiger partial charge is 0.272 e. The van der Waals surface area contributed by atoms with Crippen LogP contribution in [-0.2, 0) is 18.4 Å². The van der Waals surface area contributed by atoms with E-state index in [1.807, 2.05) is 0 Å². The van der Waals surface area contributed by atoms with Crippen molar-refractivity contribution in [1.29, 1.82) is 0 Å². The molecule has 0 spiro atoms. The largest absolute Gasteiger partial charge is 0.350 e. The lowest BCUT2D eigenvalue weighted by atomic mass is 9.84. The monoisotopic (exact) mass is 348 g/mol. The quantitative estimate of drug-likeness (QED) is 0.795. The first-order valence-electron chi connectivity index (χ1n) is 8.09. The molecule has 0 saturated heterocycles. The summed E-state index contributed by atoms with van der Waals surface area (Å²) in [7, 11) is 0. The third-order valence-corrected chi connectivity index (χ3v) is 4.51. The van der Waals surface area contributed by atoms with Crippen molar-refractivity contribution in [2.45, 2.75) is 39.2 Å². The van der Waals surface area contributed by atoms with Gasteiger partial charge in [-0.15, -0.1) is 12.4 Å². The SMILES string of the molecule is Cc1cccc(C(C)(C)CNC(=O)c2n[nH]c3c2CNCC3)c1.Cl. The molecule has 0 aliphatic carbocycles. The standard InChI is InChI=1S/C18H24N4O.ClH/c1-12-5-4-6-13(9-12)18(2,3)11-20-17(23)16-14-10-19-8-7-15(14)21-22-16;/h4-6,9,19H,7-8,10-11H2,1-3H3,(H,20,23)(H,21,22);1H. The number of aromatic nitrogens is 2. The molecule has 3 N–H and O–H groups in total. The molecule has 6 heteroatoms. The number of amides is 1. The number of H-pyrrole nitrogens is 1. The number of nitrogens with zero attached hydrogens (tertiary/aromatic N) is 1. The molecule has 1 aromatic heterocycles. The van der Waals surface area contributed by atoms with Gasteiger partial charge in [0.25, 0.3) is 5.91 Å². The maximum Gasteiger partial charge on any atom is 0.272 e. The van der Waals surface area contributed by atoms with Gasteiger partial charge in [0.05, 0.1) is 0 Å². The van der Waals surface area contributed by atoms with Crippen LogP contribution in [0.25, 0.3) is 0 Å². The summed E-state index contributed by atoms with van der Waals surface area (Å²) in [6, 6.07) is 8.43. The summed E-state index contributed by atoms with van der Waals surface area (Å²) in [5.74, 6) is -0.105. The van der Waals surface area contributed by atoms with Crippen LogP contribution in [0.5, 0.6) is 0 Å². The molecule has 1 aromatic carbocycles. The molecule has 24 heavy (non-hydrogen) atoms. The molecule has 3 rings (SSSR count). The summed E-state index contributed by atoms with van der Waals surface area (Å²) in [6.45, 7) is 8.57. The number of aromatic amines is 1. The maximum atomic E-state index is 12.5. The van der Waals surface area contributed by atoms with Gasteiger partial charge in [-0.3, -0.25) is 9.89 Å². The lowest BCUT2D eigenvalue weighted by Crippen LogP contribution is -2.37. The number of carbonyl (C=O) groups is 1. The second-order valence-electron chi connectivity index (χ2n) is 6.89. The second-order valence-corrected chi connectivity index (χ2v) is 6.89. The molecular weight excluding hydrogens is 324 g/mol. The van der Waals surface area contributed by atoms with Crippen molar-refractivity contribution in [1.82, 2.24) is 20.8 Å². The highest BCUT2D eigenvalue weighted by molar-refractivity contribution is 5.94. The van der Waals surface area contributed by atoms with E-state index in [0.29, 0.717) is 18.8 Å². The van der Waals surface area contributed by atoms with Crippen LogP contribution >= 0.6 is 12.4 Å². The zero-order chi connectivity index (χ0) is 16.4. The molecule has 5 nitrogen and oxygen atoms in total. The van der Waals surface area contributed by atoms with Gasteiger partial charge in [0.2, 0.25) is 0 Å². The zero-order valence-electron chi connectivity index (χ0n) is 14.4. The van der Waals surface area contributed by atoms with E-state index < -0.39 is 0 Å². The number of rotatable bonds is 4. The topological polar surface area (TPSA) is 69.8 Å². The van der Waals surface area contributed by atoms with Crippen molar-refractivity contribution in [2.24, 2.45) is 0 Å².